The molecular formula is C9H8NO6S-. The van der Waals surface area contributed by atoms with Crippen molar-refractivity contribution in [2.75, 3.05) is 7.11 Å². The van der Waals surface area contributed by atoms with E-state index in [4.69, 9.17) is 0 Å². The molecule has 0 saturated heterocycles. The number of rotatable bonds is 4. The largest absolute Gasteiger partial charge is 0.771 e. The molecule has 92 valence electrons. The number of hydrogen-bond donors (Lipinski definition) is 0. The Bertz CT molecular complexity index is 457. The first-order valence-corrected chi connectivity index (χ1v) is 5.51. The molecule has 17 heavy (non-hydrogen) atoms. The van der Waals surface area contributed by atoms with Gasteiger partial charge in [-0.2, -0.15) is 0 Å². The van der Waals surface area contributed by atoms with Crippen molar-refractivity contribution in [3.8, 4) is 0 Å². The van der Waals surface area contributed by atoms with Crippen LogP contribution in [0.3, 0.4) is 0 Å². The van der Waals surface area contributed by atoms with Crippen molar-refractivity contribution >= 4 is 22.7 Å². The first-order valence-electron chi connectivity index (χ1n) is 4.37. The van der Waals surface area contributed by atoms with Gasteiger partial charge in [0.1, 0.15) is 5.25 Å². The monoisotopic (exact) mass is 258 g/mol. The Morgan fingerprint density at radius 3 is 2.29 bits per heavy atom. The SMILES string of the molecule is COC(=O)C(c1ccc([N+](=O)[O-])cc1)S(=O)[O-]. The van der Waals surface area contributed by atoms with E-state index in [0.29, 0.717) is 0 Å². The average Bonchev–Trinajstić information content (AvgIpc) is 2.29. The van der Waals surface area contributed by atoms with E-state index in [-0.39, 0.29) is 11.3 Å². The summed E-state index contributed by atoms with van der Waals surface area (Å²) in [6.45, 7) is 0. The minimum atomic E-state index is -2.70. The van der Waals surface area contributed by atoms with Crippen LogP contribution in [0.4, 0.5) is 5.69 Å². The smallest absolute Gasteiger partial charge is 0.324 e. The number of non-ortho nitro benzene ring substituents is 1. The van der Waals surface area contributed by atoms with Crippen molar-refractivity contribution in [3.63, 3.8) is 0 Å². The molecule has 1 aromatic rings. The zero-order valence-electron chi connectivity index (χ0n) is 8.69. The van der Waals surface area contributed by atoms with Crippen LogP contribution in [0.15, 0.2) is 24.3 Å². The summed E-state index contributed by atoms with van der Waals surface area (Å²) in [5.74, 6) is -0.938. The number of methoxy groups -OCH3 is 1. The molecular weight excluding hydrogens is 250 g/mol. The molecule has 2 atom stereocenters. The standard InChI is InChI=1S/C9H9NO6S/c1-16-9(11)8(17(14)15)6-2-4-7(5-3-6)10(12)13/h2-5,8H,1H3,(H,14,15)/p-1. The summed E-state index contributed by atoms with van der Waals surface area (Å²) in [6, 6.07) is 4.65. The molecule has 0 aliphatic heterocycles. The van der Waals surface area contributed by atoms with E-state index in [1.54, 1.807) is 0 Å². The van der Waals surface area contributed by atoms with Crippen LogP contribution in [-0.4, -0.2) is 26.8 Å². The molecule has 0 aromatic heterocycles. The molecule has 0 heterocycles. The summed E-state index contributed by atoms with van der Waals surface area (Å²) < 4.78 is 26.1. The molecule has 0 aliphatic rings. The van der Waals surface area contributed by atoms with E-state index in [0.717, 1.165) is 19.2 Å². The third-order valence-corrected chi connectivity index (χ3v) is 2.86. The van der Waals surface area contributed by atoms with Crippen LogP contribution in [0.1, 0.15) is 10.8 Å². The number of benzene rings is 1. The first-order chi connectivity index (χ1) is 7.97. The second-order valence-electron chi connectivity index (χ2n) is 3.01. The maximum Gasteiger partial charge on any atom is 0.324 e. The molecule has 0 amide bonds. The summed E-state index contributed by atoms with van der Waals surface area (Å²) in [5.41, 5.74) is -0.0650. The average molecular weight is 258 g/mol. The molecule has 0 radical (unpaired) electrons. The van der Waals surface area contributed by atoms with Crippen molar-refractivity contribution in [1.29, 1.82) is 0 Å². The van der Waals surface area contributed by atoms with Crippen LogP contribution in [0.25, 0.3) is 0 Å². The fourth-order valence-electron chi connectivity index (χ4n) is 1.20. The lowest BCUT2D eigenvalue weighted by molar-refractivity contribution is -0.384. The van der Waals surface area contributed by atoms with Crippen LogP contribution in [0.5, 0.6) is 0 Å². The number of ether oxygens (including phenoxy) is 1. The van der Waals surface area contributed by atoms with Gasteiger partial charge in [-0.25, -0.2) is 0 Å². The van der Waals surface area contributed by atoms with Gasteiger partial charge in [-0.05, 0) is 16.6 Å². The van der Waals surface area contributed by atoms with Gasteiger partial charge in [-0.15, -0.1) is 0 Å². The summed E-state index contributed by atoms with van der Waals surface area (Å²) >= 11 is -2.70. The van der Waals surface area contributed by atoms with Crippen molar-refractivity contribution in [1.82, 2.24) is 0 Å². The van der Waals surface area contributed by atoms with E-state index >= 15 is 0 Å². The highest BCUT2D eigenvalue weighted by Gasteiger charge is 2.23. The molecule has 0 N–H and O–H groups in total. The van der Waals surface area contributed by atoms with Crippen molar-refractivity contribution in [3.05, 3.63) is 39.9 Å². The summed E-state index contributed by atoms with van der Waals surface area (Å²) in [6.07, 6.45) is 0. The van der Waals surface area contributed by atoms with Crippen LogP contribution in [0.2, 0.25) is 0 Å². The van der Waals surface area contributed by atoms with Gasteiger partial charge < -0.3 is 9.29 Å². The maximum atomic E-state index is 11.2. The molecule has 1 aromatic carbocycles. The molecule has 2 unspecified atom stereocenters. The first kappa shape index (κ1) is 13.3. The zero-order chi connectivity index (χ0) is 13.0. The second kappa shape index (κ2) is 5.51. The van der Waals surface area contributed by atoms with Crippen LogP contribution >= 0.6 is 0 Å². The van der Waals surface area contributed by atoms with Crippen LogP contribution in [-0.2, 0) is 20.6 Å². The van der Waals surface area contributed by atoms with Gasteiger partial charge >= 0.3 is 5.97 Å². The van der Waals surface area contributed by atoms with Gasteiger partial charge in [0.2, 0.25) is 0 Å². The third-order valence-electron chi connectivity index (χ3n) is 2.01. The second-order valence-corrected chi connectivity index (χ2v) is 4.00. The predicted octanol–water partition coefficient (Wildman–Crippen LogP) is 0.688. The highest BCUT2D eigenvalue weighted by molar-refractivity contribution is 7.80. The highest BCUT2D eigenvalue weighted by atomic mass is 32.2. The van der Waals surface area contributed by atoms with Gasteiger partial charge in [-0.3, -0.25) is 19.1 Å². The third kappa shape index (κ3) is 3.08. The van der Waals surface area contributed by atoms with E-state index in [9.17, 15) is 23.7 Å². The topological polar surface area (TPSA) is 110 Å². The Balaban J connectivity index is 3.08. The van der Waals surface area contributed by atoms with E-state index in [2.05, 4.69) is 4.74 Å². The van der Waals surface area contributed by atoms with Crippen LogP contribution < -0.4 is 0 Å². The Morgan fingerprint density at radius 1 is 1.41 bits per heavy atom. The van der Waals surface area contributed by atoms with E-state index in [1.165, 1.54) is 12.1 Å². The number of nitro groups is 1. The zero-order valence-corrected chi connectivity index (χ0v) is 9.51. The number of carbonyl (C=O) groups excluding carboxylic acids is 1. The Labute approximate surface area is 98.8 Å². The van der Waals surface area contributed by atoms with Gasteiger partial charge in [0.05, 0.1) is 12.0 Å². The van der Waals surface area contributed by atoms with E-state index in [1.807, 2.05) is 0 Å². The minimum absolute atomic E-state index is 0.121. The number of esters is 1. The Kier molecular flexibility index (Phi) is 4.30. The normalized spacial score (nSPS) is 13.8. The van der Waals surface area contributed by atoms with Crippen LogP contribution in [0, 0.1) is 10.1 Å². The van der Waals surface area contributed by atoms with Gasteiger partial charge in [0.25, 0.3) is 5.69 Å². The molecule has 0 bridgehead atoms. The quantitative estimate of drug-likeness (QED) is 0.340. The van der Waals surface area contributed by atoms with Gasteiger partial charge in [0, 0.05) is 12.1 Å². The Hall–Kier alpha value is -1.80. The summed E-state index contributed by atoms with van der Waals surface area (Å²) in [7, 11) is 1.06. The lowest BCUT2D eigenvalue weighted by Crippen LogP contribution is -2.18. The Morgan fingerprint density at radius 2 is 1.94 bits per heavy atom. The van der Waals surface area contributed by atoms with Crippen molar-refractivity contribution < 1.29 is 23.2 Å². The molecule has 7 nitrogen and oxygen atoms in total. The molecule has 0 aliphatic carbocycles. The van der Waals surface area contributed by atoms with Gasteiger partial charge in [-0.1, -0.05) is 12.1 Å². The lowest BCUT2D eigenvalue weighted by atomic mass is 10.1. The molecule has 0 saturated carbocycles. The summed E-state index contributed by atoms with van der Waals surface area (Å²) in [4.78, 5) is 21.0. The minimum Gasteiger partial charge on any atom is -0.771 e. The predicted molar refractivity (Wildman–Crippen MR) is 56.8 cm³/mol. The van der Waals surface area contributed by atoms with Gasteiger partial charge in [0.15, 0.2) is 0 Å². The fourth-order valence-corrected chi connectivity index (χ4v) is 1.84. The summed E-state index contributed by atoms with van der Waals surface area (Å²) in [5, 5.41) is 8.93. The lowest BCUT2D eigenvalue weighted by Gasteiger charge is -2.17. The van der Waals surface area contributed by atoms with Crippen molar-refractivity contribution in [2.24, 2.45) is 0 Å². The van der Waals surface area contributed by atoms with Crippen molar-refractivity contribution in [2.45, 2.75) is 5.25 Å². The molecule has 0 fully saturated rings. The number of hydrogen-bond acceptors (Lipinski definition) is 6. The molecule has 8 heteroatoms. The number of nitrogens with zero attached hydrogens (tertiary/aromatic N) is 1. The fraction of sp³-hybridized carbons (Fsp3) is 0.222. The number of carbonyl (C=O) groups is 1. The highest BCUT2D eigenvalue weighted by Crippen LogP contribution is 2.22. The van der Waals surface area contributed by atoms with E-state index < -0.39 is 27.2 Å². The maximum absolute atomic E-state index is 11.2. The number of nitro benzene ring substituents is 1. The molecule has 0 spiro atoms. The molecule has 1 rings (SSSR count).